The van der Waals surface area contributed by atoms with Gasteiger partial charge in [-0.1, -0.05) is 11.2 Å². The minimum Gasteiger partial charge on any atom is -0.451 e. The molecule has 1 fully saturated rings. The van der Waals surface area contributed by atoms with E-state index in [9.17, 15) is 32.5 Å². The zero-order valence-corrected chi connectivity index (χ0v) is 26.3. The monoisotopic (exact) mass is 682 g/mol. The number of rotatable bonds is 11. The molecule has 3 aliphatic heterocycles. The topological polar surface area (TPSA) is 195 Å². The molecule has 3 N–H and O–H groups in total. The number of carbonyl (C=O) groups excluding carboxylic acids is 3. The molecular weight excluding hydrogens is 649 g/mol. The standard InChI is InChI=1S/C29H33F2N4O11P/c1-16-11-29(46-33-16)8-7-17(2)34-14-22(29)35-13-20(27(38)32-12-18-5-6-19(30)10-21(18)31)25(37)26(24(35)28(34)39)44-15-43-23(36)4-3-9-45-47(40,41)42/h5-6,10,13,17,22H,3-4,7-9,11-12,14-15H2,1-2H3,(H,32,38)(H2,40,41,42)/t17-,22+,29-/m0/s1. The summed E-state index contributed by atoms with van der Waals surface area (Å²) in [4.78, 5) is 78.4. The van der Waals surface area contributed by atoms with Gasteiger partial charge in [-0.15, -0.1) is 0 Å². The Morgan fingerprint density at radius 2 is 2.02 bits per heavy atom. The van der Waals surface area contributed by atoms with Gasteiger partial charge in [0.25, 0.3) is 11.8 Å². The largest absolute Gasteiger partial charge is 0.469 e. The average Bonchev–Trinajstić information content (AvgIpc) is 3.33. The van der Waals surface area contributed by atoms with Crippen molar-refractivity contribution in [2.75, 3.05) is 19.9 Å². The molecule has 1 saturated heterocycles. The van der Waals surface area contributed by atoms with Crippen molar-refractivity contribution < 1.29 is 56.4 Å². The van der Waals surface area contributed by atoms with E-state index in [2.05, 4.69) is 15.0 Å². The fraction of sp³-hybridized carbons (Fsp3) is 0.483. The number of aromatic nitrogens is 1. The van der Waals surface area contributed by atoms with Gasteiger partial charge in [-0.3, -0.25) is 23.7 Å². The Bertz CT molecular complexity index is 1730. The third kappa shape index (κ3) is 7.38. The predicted molar refractivity (Wildman–Crippen MR) is 157 cm³/mol. The second-order valence-electron chi connectivity index (χ2n) is 11.6. The molecule has 1 spiro atoms. The number of hydrogen-bond donors (Lipinski definition) is 3. The van der Waals surface area contributed by atoms with Crippen LogP contribution in [-0.2, 0) is 30.0 Å². The van der Waals surface area contributed by atoms with Crippen LogP contribution in [0, 0.1) is 11.6 Å². The maximum atomic E-state index is 14.3. The van der Waals surface area contributed by atoms with Gasteiger partial charge >= 0.3 is 13.8 Å². The molecule has 47 heavy (non-hydrogen) atoms. The molecule has 4 heterocycles. The molecule has 254 valence electrons. The van der Waals surface area contributed by atoms with Crippen LogP contribution >= 0.6 is 7.82 Å². The van der Waals surface area contributed by atoms with Gasteiger partial charge in [-0.2, -0.15) is 0 Å². The molecule has 18 heteroatoms. The van der Waals surface area contributed by atoms with E-state index >= 15 is 0 Å². The second kappa shape index (κ2) is 13.5. The summed E-state index contributed by atoms with van der Waals surface area (Å²) in [5, 5.41) is 6.61. The maximum Gasteiger partial charge on any atom is 0.469 e. The van der Waals surface area contributed by atoms with Crippen molar-refractivity contribution >= 4 is 31.3 Å². The molecule has 1 aromatic heterocycles. The van der Waals surface area contributed by atoms with Crippen molar-refractivity contribution in [1.29, 1.82) is 0 Å². The number of carbonyl (C=O) groups is 3. The Labute approximate surface area is 266 Å². The molecule has 0 radical (unpaired) electrons. The number of benzene rings is 1. The van der Waals surface area contributed by atoms with E-state index in [1.807, 2.05) is 6.92 Å². The van der Waals surface area contributed by atoms with Crippen LogP contribution in [0.15, 0.2) is 34.3 Å². The van der Waals surface area contributed by atoms with Gasteiger partial charge in [0.2, 0.25) is 18.0 Å². The number of oxime groups is 1. The summed E-state index contributed by atoms with van der Waals surface area (Å²) in [6.45, 7) is 2.18. The SMILES string of the molecule is CC1=NO[C@@]2(CC[C@H](C)N3C[C@H]2n2cc(C(=O)NCc4ccc(F)cc4F)c(=O)c(OCOC(=O)CCCOP(=O)(O)O)c2C3=O)C1. The van der Waals surface area contributed by atoms with E-state index in [-0.39, 0.29) is 43.2 Å². The third-order valence-electron chi connectivity index (χ3n) is 8.33. The Hall–Kier alpha value is -4.18. The molecule has 1 aromatic carbocycles. The number of nitrogens with one attached hydrogen (secondary N) is 1. The Morgan fingerprint density at radius 3 is 2.70 bits per heavy atom. The molecule has 0 unspecified atom stereocenters. The van der Waals surface area contributed by atoms with Gasteiger partial charge in [0.05, 0.1) is 18.4 Å². The van der Waals surface area contributed by atoms with Gasteiger partial charge in [-0.25, -0.2) is 13.3 Å². The molecule has 0 saturated carbocycles. The number of pyridine rings is 1. The van der Waals surface area contributed by atoms with Crippen LogP contribution in [0.3, 0.4) is 0 Å². The summed E-state index contributed by atoms with van der Waals surface area (Å²) < 4.78 is 54.8. The summed E-state index contributed by atoms with van der Waals surface area (Å²) >= 11 is 0. The lowest BCUT2D eigenvalue weighted by Gasteiger charge is -2.42. The first kappa shape index (κ1) is 34.2. The van der Waals surface area contributed by atoms with Crippen molar-refractivity contribution in [2.45, 2.75) is 70.2 Å². The van der Waals surface area contributed by atoms with Crippen LogP contribution in [0.1, 0.15) is 78.4 Å². The van der Waals surface area contributed by atoms with E-state index in [0.29, 0.717) is 25.3 Å². The fourth-order valence-electron chi connectivity index (χ4n) is 5.97. The second-order valence-corrected chi connectivity index (χ2v) is 12.8. The third-order valence-corrected chi connectivity index (χ3v) is 8.85. The zero-order chi connectivity index (χ0) is 34.1. The zero-order valence-electron chi connectivity index (χ0n) is 25.4. The summed E-state index contributed by atoms with van der Waals surface area (Å²) in [5.41, 5.74) is -1.90. The molecule has 15 nitrogen and oxygen atoms in total. The van der Waals surface area contributed by atoms with E-state index in [4.69, 9.17) is 24.1 Å². The predicted octanol–water partition coefficient (Wildman–Crippen LogP) is 2.54. The molecule has 2 bridgehead atoms. The summed E-state index contributed by atoms with van der Waals surface area (Å²) in [6, 6.07) is 1.94. The van der Waals surface area contributed by atoms with Crippen molar-refractivity contribution in [3.63, 3.8) is 0 Å². The molecule has 3 atom stereocenters. The van der Waals surface area contributed by atoms with Crippen LogP contribution < -0.4 is 15.5 Å². The highest BCUT2D eigenvalue weighted by molar-refractivity contribution is 7.46. The van der Waals surface area contributed by atoms with Gasteiger partial charge < -0.3 is 38.9 Å². The van der Waals surface area contributed by atoms with E-state index < -0.39 is 79.0 Å². The van der Waals surface area contributed by atoms with E-state index in [1.54, 1.807) is 11.8 Å². The molecule has 5 rings (SSSR count). The first-order valence-electron chi connectivity index (χ1n) is 14.7. The number of phosphoric ester groups is 1. The lowest BCUT2D eigenvalue weighted by Crippen LogP contribution is -2.52. The molecule has 0 aliphatic carbocycles. The lowest BCUT2D eigenvalue weighted by molar-refractivity contribution is -0.150. The van der Waals surface area contributed by atoms with Crippen LogP contribution in [0.5, 0.6) is 5.75 Å². The molecule has 2 amide bonds. The van der Waals surface area contributed by atoms with Crippen LogP contribution in [-0.4, -0.2) is 74.3 Å². The number of halogens is 2. The van der Waals surface area contributed by atoms with Crippen molar-refractivity contribution in [3.8, 4) is 5.75 Å². The summed E-state index contributed by atoms with van der Waals surface area (Å²) in [7, 11) is -4.71. The first-order chi connectivity index (χ1) is 22.2. The van der Waals surface area contributed by atoms with Crippen molar-refractivity contribution in [2.24, 2.45) is 5.16 Å². The number of amides is 2. The average molecular weight is 683 g/mol. The number of nitrogens with zero attached hydrogens (tertiary/aromatic N) is 3. The molecule has 3 aliphatic rings. The number of hydrogen-bond acceptors (Lipinski definition) is 10. The highest BCUT2D eigenvalue weighted by Crippen LogP contribution is 2.46. The van der Waals surface area contributed by atoms with Gasteiger partial charge in [0.1, 0.15) is 17.2 Å². The smallest absolute Gasteiger partial charge is 0.451 e. The highest BCUT2D eigenvalue weighted by Gasteiger charge is 2.54. The molecule has 2 aromatic rings. The number of esters is 1. The van der Waals surface area contributed by atoms with Crippen molar-refractivity contribution in [1.82, 2.24) is 14.8 Å². The van der Waals surface area contributed by atoms with E-state index in [1.165, 1.54) is 10.8 Å². The van der Waals surface area contributed by atoms with Crippen LogP contribution in [0.2, 0.25) is 0 Å². The van der Waals surface area contributed by atoms with Gasteiger partial charge in [-0.05, 0) is 39.2 Å². The minimum absolute atomic E-state index is 0.0399. The normalized spacial score (nSPS) is 21.9. The minimum atomic E-state index is -4.71. The summed E-state index contributed by atoms with van der Waals surface area (Å²) in [5.74, 6) is -4.63. The quantitative estimate of drug-likeness (QED) is 0.136. The number of ether oxygens (including phenoxy) is 2. The van der Waals surface area contributed by atoms with Crippen molar-refractivity contribution in [3.05, 3.63) is 63.1 Å². The highest BCUT2D eigenvalue weighted by atomic mass is 31.2. The molecular formula is C29H33F2N4O11P. The summed E-state index contributed by atoms with van der Waals surface area (Å²) in [6.07, 6.45) is 2.29. The Balaban J connectivity index is 1.47. The van der Waals surface area contributed by atoms with E-state index in [0.717, 1.165) is 17.8 Å². The number of fused-ring (bicyclic) bond motifs is 5. The first-order valence-corrected chi connectivity index (χ1v) is 16.2. The van der Waals surface area contributed by atoms with Gasteiger partial charge in [0.15, 0.2) is 11.3 Å². The van der Waals surface area contributed by atoms with Gasteiger partial charge in [0, 0.05) is 49.8 Å². The van der Waals surface area contributed by atoms with Crippen LogP contribution in [0.4, 0.5) is 8.78 Å². The Morgan fingerprint density at radius 1 is 1.26 bits per heavy atom. The fourth-order valence-corrected chi connectivity index (χ4v) is 6.34. The van der Waals surface area contributed by atoms with Crippen LogP contribution in [0.25, 0.3) is 0 Å². The maximum absolute atomic E-state index is 14.3. The lowest BCUT2D eigenvalue weighted by atomic mass is 9.84. The Kier molecular flexibility index (Phi) is 9.82. The number of phosphoric acid groups is 1.